The number of guanidine groups is 1. The predicted octanol–water partition coefficient (Wildman–Crippen LogP) is 3.78. The van der Waals surface area contributed by atoms with Crippen molar-refractivity contribution < 1.29 is 5.11 Å². The van der Waals surface area contributed by atoms with Crippen LogP contribution in [0, 0.1) is 17.3 Å². The third kappa shape index (κ3) is 9.75. The first-order valence-corrected chi connectivity index (χ1v) is 9.12. The molecule has 0 saturated heterocycles. The lowest BCUT2D eigenvalue weighted by Crippen LogP contribution is -2.40. The van der Waals surface area contributed by atoms with E-state index in [1.807, 2.05) is 0 Å². The van der Waals surface area contributed by atoms with Crippen molar-refractivity contribution in [2.75, 3.05) is 26.2 Å². The highest BCUT2D eigenvalue weighted by Gasteiger charge is 2.28. The van der Waals surface area contributed by atoms with E-state index < -0.39 is 0 Å². The van der Waals surface area contributed by atoms with Crippen LogP contribution >= 0.6 is 24.0 Å². The lowest BCUT2D eigenvalue weighted by molar-refractivity contribution is 0.242. The van der Waals surface area contributed by atoms with Gasteiger partial charge in [0.15, 0.2) is 5.96 Å². The van der Waals surface area contributed by atoms with Gasteiger partial charge in [0.05, 0.1) is 0 Å². The molecule has 0 heterocycles. The van der Waals surface area contributed by atoms with Crippen molar-refractivity contribution in [2.24, 2.45) is 22.2 Å². The van der Waals surface area contributed by atoms with E-state index in [4.69, 9.17) is 4.99 Å². The smallest absolute Gasteiger partial charge is 0.191 e. The average Bonchev–Trinajstić information content (AvgIpc) is 2.88. The van der Waals surface area contributed by atoms with Gasteiger partial charge in [-0.15, -0.1) is 24.0 Å². The monoisotopic (exact) mass is 439 g/mol. The minimum Gasteiger partial charge on any atom is -0.396 e. The van der Waals surface area contributed by atoms with Gasteiger partial charge in [0.25, 0.3) is 0 Å². The van der Waals surface area contributed by atoms with Crippen molar-refractivity contribution in [1.82, 2.24) is 10.6 Å². The first-order chi connectivity index (χ1) is 10.5. The molecule has 0 aromatic heterocycles. The molecule has 1 aliphatic carbocycles. The first kappa shape index (κ1) is 23.0. The summed E-state index contributed by atoms with van der Waals surface area (Å²) in [4.78, 5) is 4.81. The lowest BCUT2D eigenvalue weighted by Gasteiger charge is -2.23. The third-order valence-corrected chi connectivity index (χ3v) is 4.67. The largest absolute Gasteiger partial charge is 0.396 e. The van der Waals surface area contributed by atoms with Gasteiger partial charge >= 0.3 is 0 Å². The molecule has 1 aliphatic rings. The number of aliphatic imine (C=N–C) groups is 1. The molecule has 0 aromatic rings. The standard InChI is InChI=1S/C18H37N3O.HI/c1-5-19-17(21-14-18(4)9-6-7-10-18)20-13-16(8-11-22)12-15(2)3;/h15-16,22H,5-14H2,1-4H3,(H2,19,20,21);1H. The van der Waals surface area contributed by atoms with Gasteiger partial charge in [-0.3, -0.25) is 4.99 Å². The van der Waals surface area contributed by atoms with E-state index in [0.717, 1.165) is 38.4 Å². The Balaban J connectivity index is 0.00000484. The quantitative estimate of drug-likeness (QED) is 0.291. The molecule has 1 atom stereocenters. The highest BCUT2D eigenvalue weighted by molar-refractivity contribution is 14.0. The maximum absolute atomic E-state index is 9.23. The zero-order chi connectivity index (χ0) is 16.4. The van der Waals surface area contributed by atoms with Crippen molar-refractivity contribution in [2.45, 2.75) is 66.2 Å². The van der Waals surface area contributed by atoms with Gasteiger partial charge in [0.1, 0.15) is 0 Å². The van der Waals surface area contributed by atoms with Crippen molar-refractivity contribution >= 4 is 29.9 Å². The molecule has 138 valence electrons. The summed E-state index contributed by atoms with van der Waals surface area (Å²) in [5, 5.41) is 16.1. The summed E-state index contributed by atoms with van der Waals surface area (Å²) in [6, 6.07) is 0. The topological polar surface area (TPSA) is 56.7 Å². The van der Waals surface area contributed by atoms with Gasteiger partial charge in [-0.05, 0) is 49.9 Å². The van der Waals surface area contributed by atoms with Crippen LogP contribution in [0.4, 0.5) is 0 Å². The molecule has 1 unspecified atom stereocenters. The number of hydrogen-bond donors (Lipinski definition) is 3. The zero-order valence-corrected chi connectivity index (χ0v) is 17.9. The van der Waals surface area contributed by atoms with Crippen LogP contribution in [0.2, 0.25) is 0 Å². The number of hydrogen-bond acceptors (Lipinski definition) is 2. The Hall–Kier alpha value is -0.0400. The van der Waals surface area contributed by atoms with Crippen molar-refractivity contribution in [3.63, 3.8) is 0 Å². The van der Waals surface area contributed by atoms with E-state index in [-0.39, 0.29) is 30.6 Å². The third-order valence-electron chi connectivity index (χ3n) is 4.67. The number of nitrogens with zero attached hydrogens (tertiary/aromatic N) is 1. The van der Waals surface area contributed by atoms with E-state index in [2.05, 4.69) is 38.3 Å². The minimum atomic E-state index is 0. The fourth-order valence-corrected chi connectivity index (χ4v) is 3.39. The summed E-state index contributed by atoms with van der Waals surface area (Å²) < 4.78 is 0. The SMILES string of the molecule is CCNC(=NCC1(C)CCCC1)NCC(CCO)CC(C)C.I. The summed E-state index contributed by atoms with van der Waals surface area (Å²) in [7, 11) is 0. The zero-order valence-electron chi connectivity index (χ0n) is 15.5. The van der Waals surface area contributed by atoms with E-state index in [1.165, 1.54) is 25.7 Å². The second-order valence-electron chi connectivity index (χ2n) is 7.60. The fourth-order valence-electron chi connectivity index (χ4n) is 3.39. The van der Waals surface area contributed by atoms with Crippen LogP contribution in [0.1, 0.15) is 66.2 Å². The number of halogens is 1. The Morgan fingerprint density at radius 2 is 1.87 bits per heavy atom. The Morgan fingerprint density at radius 1 is 1.22 bits per heavy atom. The second kappa shape index (κ2) is 12.3. The molecule has 0 radical (unpaired) electrons. The Morgan fingerprint density at radius 3 is 2.39 bits per heavy atom. The van der Waals surface area contributed by atoms with Crippen molar-refractivity contribution in [1.29, 1.82) is 0 Å². The van der Waals surface area contributed by atoms with Crippen LogP contribution < -0.4 is 10.6 Å². The molecule has 5 heteroatoms. The number of rotatable bonds is 9. The summed E-state index contributed by atoms with van der Waals surface area (Å²) in [5.41, 5.74) is 0.394. The summed E-state index contributed by atoms with van der Waals surface area (Å²) in [6.45, 7) is 11.9. The predicted molar refractivity (Wildman–Crippen MR) is 111 cm³/mol. The maximum atomic E-state index is 9.23. The molecular formula is C18H38IN3O. The first-order valence-electron chi connectivity index (χ1n) is 9.12. The van der Waals surface area contributed by atoms with Gasteiger partial charge in [-0.25, -0.2) is 0 Å². The molecule has 1 rings (SSSR count). The fraction of sp³-hybridized carbons (Fsp3) is 0.944. The normalized spacial score (nSPS) is 18.6. The molecule has 1 fully saturated rings. The summed E-state index contributed by atoms with van der Waals surface area (Å²) in [6.07, 6.45) is 7.31. The molecule has 0 aliphatic heterocycles. The van der Waals surface area contributed by atoms with E-state index in [0.29, 0.717) is 17.3 Å². The van der Waals surface area contributed by atoms with Crippen LogP contribution in [0.15, 0.2) is 4.99 Å². The molecule has 0 spiro atoms. The lowest BCUT2D eigenvalue weighted by atomic mass is 9.89. The minimum absolute atomic E-state index is 0. The van der Waals surface area contributed by atoms with Crippen LogP contribution in [-0.4, -0.2) is 37.3 Å². The molecule has 0 amide bonds. The van der Waals surface area contributed by atoms with Gasteiger partial charge < -0.3 is 15.7 Å². The number of aliphatic hydroxyl groups excluding tert-OH is 1. The second-order valence-corrected chi connectivity index (χ2v) is 7.60. The van der Waals surface area contributed by atoms with E-state index in [1.54, 1.807) is 0 Å². The van der Waals surface area contributed by atoms with Crippen molar-refractivity contribution in [3.8, 4) is 0 Å². The van der Waals surface area contributed by atoms with Crippen LogP contribution in [0.25, 0.3) is 0 Å². The Bertz CT molecular complexity index is 328. The highest BCUT2D eigenvalue weighted by atomic mass is 127. The van der Waals surface area contributed by atoms with Gasteiger partial charge in [0.2, 0.25) is 0 Å². The van der Waals surface area contributed by atoms with Crippen LogP contribution in [0.3, 0.4) is 0 Å². The highest BCUT2D eigenvalue weighted by Crippen LogP contribution is 2.37. The number of aliphatic hydroxyl groups is 1. The molecule has 23 heavy (non-hydrogen) atoms. The summed E-state index contributed by atoms with van der Waals surface area (Å²) >= 11 is 0. The van der Waals surface area contributed by atoms with Crippen LogP contribution in [-0.2, 0) is 0 Å². The molecule has 0 aromatic carbocycles. The van der Waals surface area contributed by atoms with E-state index in [9.17, 15) is 5.11 Å². The van der Waals surface area contributed by atoms with E-state index >= 15 is 0 Å². The molecule has 0 bridgehead atoms. The maximum Gasteiger partial charge on any atom is 0.191 e. The van der Waals surface area contributed by atoms with Gasteiger partial charge in [-0.1, -0.05) is 33.6 Å². The average molecular weight is 439 g/mol. The van der Waals surface area contributed by atoms with Gasteiger partial charge in [0, 0.05) is 26.2 Å². The van der Waals surface area contributed by atoms with Gasteiger partial charge in [-0.2, -0.15) is 0 Å². The summed E-state index contributed by atoms with van der Waals surface area (Å²) in [5.74, 6) is 2.11. The number of nitrogens with one attached hydrogen (secondary N) is 2. The van der Waals surface area contributed by atoms with Crippen molar-refractivity contribution in [3.05, 3.63) is 0 Å². The molecular weight excluding hydrogens is 401 g/mol. The molecule has 3 N–H and O–H groups in total. The van der Waals surface area contributed by atoms with Crippen LogP contribution in [0.5, 0.6) is 0 Å². The molecule has 1 saturated carbocycles. The Labute approximate surface area is 160 Å². The Kier molecular flexibility index (Phi) is 12.3. The molecule has 4 nitrogen and oxygen atoms in total.